The van der Waals surface area contributed by atoms with Gasteiger partial charge in [0.1, 0.15) is 12.0 Å². The molecule has 0 aromatic carbocycles. The number of hydrogen-bond donors (Lipinski definition) is 0. The highest BCUT2D eigenvalue weighted by Crippen LogP contribution is 2.36. The van der Waals surface area contributed by atoms with Gasteiger partial charge in [0.05, 0.1) is 18.4 Å². The first-order valence-electron chi connectivity index (χ1n) is 8.04. The van der Waals surface area contributed by atoms with Gasteiger partial charge in [-0.3, -0.25) is 9.36 Å². The summed E-state index contributed by atoms with van der Waals surface area (Å²) < 4.78 is 1.82. The lowest BCUT2D eigenvalue weighted by Crippen LogP contribution is -2.48. The lowest BCUT2D eigenvalue weighted by atomic mass is 10.1. The Balaban J connectivity index is 1.79. The molecule has 2 aromatic rings. The monoisotopic (exact) mass is 312 g/mol. The number of carbonyl (C=O) groups is 1. The van der Waals surface area contributed by atoms with Gasteiger partial charge in [-0.2, -0.15) is 4.98 Å². The summed E-state index contributed by atoms with van der Waals surface area (Å²) in [5, 5.41) is 0. The van der Waals surface area contributed by atoms with Gasteiger partial charge in [-0.15, -0.1) is 0 Å². The van der Waals surface area contributed by atoms with Crippen LogP contribution in [0.2, 0.25) is 0 Å². The van der Waals surface area contributed by atoms with Crippen molar-refractivity contribution in [3.8, 4) is 5.95 Å². The smallest absolute Gasteiger partial charge is 0.246 e. The van der Waals surface area contributed by atoms with Crippen LogP contribution in [0.15, 0.2) is 18.7 Å². The highest BCUT2D eigenvalue weighted by atomic mass is 16.2. The molecule has 7 nitrogen and oxygen atoms in total. The highest BCUT2D eigenvalue weighted by molar-refractivity contribution is 6.01. The van der Waals surface area contributed by atoms with E-state index >= 15 is 0 Å². The third kappa shape index (κ3) is 2.36. The average Bonchev–Trinajstić information content (AvgIpc) is 3.22. The van der Waals surface area contributed by atoms with Crippen LogP contribution < -0.4 is 9.80 Å². The molecule has 1 aliphatic heterocycles. The van der Waals surface area contributed by atoms with E-state index in [4.69, 9.17) is 4.98 Å². The minimum absolute atomic E-state index is 0.0965. The maximum atomic E-state index is 12.3. The third-order valence-corrected chi connectivity index (χ3v) is 4.76. The second kappa shape index (κ2) is 5.33. The fourth-order valence-corrected chi connectivity index (χ4v) is 3.44. The van der Waals surface area contributed by atoms with E-state index in [0.717, 1.165) is 30.0 Å². The van der Waals surface area contributed by atoms with Crippen molar-refractivity contribution in [2.75, 3.05) is 23.4 Å². The fourth-order valence-electron chi connectivity index (χ4n) is 3.44. The molecule has 120 valence electrons. The first-order valence-corrected chi connectivity index (χ1v) is 8.04. The summed E-state index contributed by atoms with van der Waals surface area (Å²) in [5.74, 6) is 1.55. The minimum atomic E-state index is 0.0965. The Morgan fingerprint density at radius 3 is 2.70 bits per heavy atom. The van der Waals surface area contributed by atoms with Gasteiger partial charge in [0, 0.05) is 19.3 Å². The van der Waals surface area contributed by atoms with Crippen molar-refractivity contribution < 1.29 is 4.79 Å². The fraction of sp³-hybridized carbons (Fsp3) is 0.500. The van der Waals surface area contributed by atoms with Gasteiger partial charge < -0.3 is 9.80 Å². The van der Waals surface area contributed by atoms with E-state index in [1.165, 1.54) is 12.8 Å². The molecule has 0 spiro atoms. The van der Waals surface area contributed by atoms with E-state index in [9.17, 15) is 4.79 Å². The Hall–Kier alpha value is -2.44. The van der Waals surface area contributed by atoms with Crippen LogP contribution in [0.5, 0.6) is 0 Å². The number of fused-ring (bicyclic) bond motifs is 1. The van der Waals surface area contributed by atoms with Crippen LogP contribution in [0.25, 0.3) is 5.95 Å². The molecule has 4 rings (SSSR count). The van der Waals surface area contributed by atoms with Crippen molar-refractivity contribution in [3.05, 3.63) is 24.4 Å². The molecule has 1 fully saturated rings. The molecular formula is C16H20N6O. The van der Waals surface area contributed by atoms with Crippen LogP contribution in [0.1, 0.15) is 31.4 Å². The zero-order valence-electron chi connectivity index (χ0n) is 13.4. The van der Waals surface area contributed by atoms with Crippen LogP contribution in [0.3, 0.4) is 0 Å². The first kappa shape index (κ1) is 14.2. The zero-order chi connectivity index (χ0) is 16.0. The molecule has 0 saturated heterocycles. The number of hydrogen-bond acceptors (Lipinski definition) is 5. The summed E-state index contributed by atoms with van der Waals surface area (Å²) in [5.41, 5.74) is 1.71. The maximum Gasteiger partial charge on any atom is 0.246 e. The maximum absolute atomic E-state index is 12.3. The van der Waals surface area contributed by atoms with E-state index in [1.54, 1.807) is 24.5 Å². The van der Waals surface area contributed by atoms with E-state index in [1.807, 2.05) is 17.7 Å². The number of anilines is 2. The van der Waals surface area contributed by atoms with Gasteiger partial charge in [-0.1, -0.05) is 12.8 Å². The Morgan fingerprint density at radius 1 is 1.22 bits per heavy atom. The molecule has 1 aliphatic carbocycles. The Morgan fingerprint density at radius 2 is 2.00 bits per heavy atom. The molecule has 1 saturated carbocycles. The largest absolute Gasteiger partial charge is 0.342 e. The number of nitrogens with zero attached hydrogens (tertiary/aromatic N) is 6. The molecule has 0 radical (unpaired) electrons. The van der Waals surface area contributed by atoms with Gasteiger partial charge in [-0.25, -0.2) is 9.97 Å². The minimum Gasteiger partial charge on any atom is -0.342 e. The van der Waals surface area contributed by atoms with Crippen molar-refractivity contribution >= 4 is 17.4 Å². The lowest BCUT2D eigenvalue weighted by Gasteiger charge is -2.37. The van der Waals surface area contributed by atoms with Gasteiger partial charge >= 0.3 is 0 Å². The topological polar surface area (TPSA) is 67.2 Å². The van der Waals surface area contributed by atoms with Gasteiger partial charge in [-0.05, 0) is 19.8 Å². The Kier molecular flexibility index (Phi) is 3.28. The normalized spacial score (nSPS) is 18.6. The highest BCUT2D eigenvalue weighted by Gasteiger charge is 2.34. The number of imidazole rings is 1. The van der Waals surface area contributed by atoms with E-state index in [-0.39, 0.29) is 5.91 Å². The second-order valence-corrected chi connectivity index (χ2v) is 6.32. The molecule has 7 heteroatoms. The molecule has 0 unspecified atom stereocenters. The van der Waals surface area contributed by atoms with E-state index in [2.05, 4.69) is 14.9 Å². The van der Waals surface area contributed by atoms with Crippen LogP contribution in [0.4, 0.5) is 11.5 Å². The van der Waals surface area contributed by atoms with Crippen molar-refractivity contribution in [2.45, 2.75) is 38.6 Å². The number of rotatable bonds is 2. The lowest BCUT2D eigenvalue weighted by molar-refractivity contribution is -0.117. The number of carbonyl (C=O) groups excluding carboxylic acids is 1. The van der Waals surface area contributed by atoms with Crippen LogP contribution in [-0.2, 0) is 4.79 Å². The van der Waals surface area contributed by atoms with Crippen LogP contribution in [-0.4, -0.2) is 45.1 Å². The van der Waals surface area contributed by atoms with Gasteiger partial charge in [0.2, 0.25) is 11.9 Å². The summed E-state index contributed by atoms with van der Waals surface area (Å²) in [6.45, 7) is 2.33. The van der Waals surface area contributed by atoms with Gasteiger partial charge in [0.25, 0.3) is 0 Å². The van der Waals surface area contributed by atoms with Crippen LogP contribution >= 0.6 is 0 Å². The molecule has 2 aromatic heterocycles. The summed E-state index contributed by atoms with van der Waals surface area (Å²) in [6.07, 6.45) is 10.1. The van der Waals surface area contributed by atoms with Crippen LogP contribution in [0, 0.1) is 6.92 Å². The number of likely N-dealkylation sites (N-methyl/N-ethyl adjacent to an activating group) is 1. The summed E-state index contributed by atoms with van der Waals surface area (Å²) in [4.78, 5) is 29.5. The van der Waals surface area contributed by atoms with E-state index in [0.29, 0.717) is 18.5 Å². The third-order valence-electron chi connectivity index (χ3n) is 4.76. The summed E-state index contributed by atoms with van der Waals surface area (Å²) >= 11 is 0. The predicted octanol–water partition coefficient (Wildman–Crippen LogP) is 1.70. The first-order chi connectivity index (χ1) is 11.1. The van der Waals surface area contributed by atoms with Crippen molar-refractivity contribution in [3.63, 3.8) is 0 Å². The molecule has 23 heavy (non-hydrogen) atoms. The van der Waals surface area contributed by atoms with E-state index < -0.39 is 0 Å². The van der Waals surface area contributed by atoms with Crippen molar-refractivity contribution in [1.29, 1.82) is 0 Å². The SMILES string of the molecule is Cc1cn(-c2ncc3c(n2)N(C2CCCC2)CC(=O)N3C)cn1. The molecule has 0 N–H and O–H groups in total. The van der Waals surface area contributed by atoms with Gasteiger partial charge in [0.15, 0.2) is 5.82 Å². The number of aryl methyl sites for hydroxylation is 1. The molecule has 1 amide bonds. The Labute approximate surface area is 135 Å². The number of aromatic nitrogens is 4. The summed E-state index contributed by atoms with van der Waals surface area (Å²) in [7, 11) is 1.79. The molecule has 3 heterocycles. The molecule has 0 bridgehead atoms. The van der Waals surface area contributed by atoms with Crippen molar-refractivity contribution in [2.24, 2.45) is 0 Å². The van der Waals surface area contributed by atoms with Crippen molar-refractivity contribution in [1.82, 2.24) is 19.5 Å². The molecule has 2 aliphatic rings. The summed E-state index contributed by atoms with van der Waals surface area (Å²) in [6, 6.07) is 0.402. The quantitative estimate of drug-likeness (QED) is 0.844. The molecular weight excluding hydrogens is 292 g/mol. The average molecular weight is 312 g/mol. The predicted molar refractivity (Wildman–Crippen MR) is 86.9 cm³/mol. The molecule has 0 atom stereocenters. The number of amides is 1. The zero-order valence-corrected chi connectivity index (χ0v) is 13.4. The standard InChI is InChI=1S/C16H20N6O/c1-11-8-21(10-18-11)16-17-7-13-15(19-16)22(9-14(23)20(13)2)12-5-3-4-6-12/h7-8,10,12H,3-6,9H2,1-2H3. The second-order valence-electron chi connectivity index (χ2n) is 6.32. The Bertz CT molecular complexity index is 749.